The lowest BCUT2D eigenvalue weighted by Crippen LogP contribution is -2.36. The average molecular weight is 512 g/mol. The van der Waals surface area contributed by atoms with Gasteiger partial charge in [-0.2, -0.15) is 0 Å². The number of aryl methyl sites for hydroxylation is 2. The number of rotatable bonds is 6. The number of benzene rings is 2. The summed E-state index contributed by atoms with van der Waals surface area (Å²) in [6.45, 7) is 3.17. The molecule has 1 fully saturated rings. The Morgan fingerprint density at radius 3 is 2.51 bits per heavy atom. The minimum absolute atomic E-state index is 0.0739. The number of amides is 3. The maximum absolute atomic E-state index is 12.7. The molecular weight excluding hydrogens is 494 g/mol. The Hall–Kier alpha value is -3.89. The van der Waals surface area contributed by atoms with Gasteiger partial charge in [0.1, 0.15) is 18.1 Å². The largest absolute Gasteiger partial charge is 0.456 e. The Kier molecular flexibility index (Phi) is 6.77. The maximum atomic E-state index is 12.7. The van der Waals surface area contributed by atoms with E-state index >= 15 is 0 Å². The number of thioether (sulfide) groups is 1. The van der Waals surface area contributed by atoms with Crippen molar-refractivity contribution < 1.29 is 23.7 Å². The summed E-state index contributed by atoms with van der Waals surface area (Å²) in [5.74, 6) is -0.684. The molecule has 0 spiro atoms. The molecule has 11 heteroatoms. The van der Waals surface area contributed by atoms with Gasteiger partial charge in [0.15, 0.2) is 0 Å². The molecule has 0 unspecified atom stereocenters. The molecule has 3 amide bonds. The van der Waals surface area contributed by atoms with Gasteiger partial charge in [0.2, 0.25) is 5.91 Å². The lowest BCUT2D eigenvalue weighted by Gasteiger charge is -2.12. The van der Waals surface area contributed by atoms with Crippen LogP contribution in [-0.4, -0.2) is 33.4 Å². The van der Waals surface area contributed by atoms with Crippen molar-refractivity contribution in [3.63, 3.8) is 0 Å². The van der Waals surface area contributed by atoms with Gasteiger partial charge < -0.3 is 9.73 Å². The van der Waals surface area contributed by atoms with Crippen molar-refractivity contribution in [1.29, 1.82) is 0 Å². The minimum atomic E-state index is -0.638. The number of hydrogen-bond acceptors (Lipinski definition) is 7. The number of nitro groups is 1. The third kappa shape index (κ3) is 5.28. The van der Waals surface area contributed by atoms with Crippen LogP contribution in [0.2, 0.25) is 5.02 Å². The highest BCUT2D eigenvalue weighted by Crippen LogP contribution is 2.36. The zero-order valence-electron chi connectivity index (χ0n) is 18.5. The second-order valence-corrected chi connectivity index (χ2v) is 9.17. The van der Waals surface area contributed by atoms with Gasteiger partial charge >= 0.3 is 0 Å². The van der Waals surface area contributed by atoms with Gasteiger partial charge in [0, 0.05) is 22.9 Å². The van der Waals surface area contributed by atoms with E-state index in [0.717, 1.165) is 16.0 Å². The number of nitrogens with one attached hydrogen (secondary N) is 1. The molecule has 3 aromatic rings. The third-order valence-electron chi connectivity index (χ3n) is 5.28. The zero-order valence-corrected chi connectivity index (χ0v) is 20.1. The van der Waals surface area contributed by atoms with Gasteiger partial charge in [-0.05, 0) is 79.2 Å². The highest BCUT2D eigenvalue weighted by molar-refractivity contribution is 8.18. The van der Waals surface area contributed by atoms with Crippen LogP contribution in [0.4, 0.5) is 16.2 Å². The van der Waals surface area contributed by atoms with E-state index < -0.39 is 28.5 Å². The first-order valence-electron chi connectivity index (χ1n) is 10.3. The fraction of sp³-hybridized carbons (Fsp3) is 0.125. The van der Waals surface area contributed by atoms with Crippen molar-refractivity contribution in [3.8, 4) is 11.3 Å². The van der Waals surface area contributed by atoms with Crippen LogP contribution in [0.3, 0.4) is 0 Å². The van der Waals surface area contributed by atoms with Gasteiger partial charge in [-0.1, -0.05) is 11.6 Å². The van der Waals surface area contributed by atoms with E-state index in [9.17, 15) is 24.5 Å². The van der Waals surface area contributed by atoms with Gasteiger partial charge in [0.25, 0.3) is 16.8 Å². The Labute approximate surface area is 208 Å². The minimum Gasteiger partial charge on any atom is -0.456 e. The fourth-order valence-electron chi connectivity index (χ4n) is 3.37. The lowest BCUT2D eigenvalue weighted by molar-refractivity contribution is -0.384. The zero-order chi connectivity index (χ0) is 25.3. The van der Waals surface area contributed by atoms with Crippen molar-refractivity contribution in [3.05, 3.63) is 85.5 Å². The highest BCUT2D eigenvalue weighted by atomic mass is 35.5. The van der Waals surface area contributed by atoms with E-state index in [1.54, 1.807) is 49.4 Å². The molecule has 35 heavy (non-hydrogen) atoms. The van der Waals surface area contributed by atoms with Crippen molar-refractivity contribution >= 4 is 57.9 Å². The third-order valence-corrected chi connectivity index (χ3v) is 6.44. The van der Waals surface area contributed by atoms with Crippen molar-refractivity contribution in [2.24, 2.45) is 0 Å². The Morgan fingerprint density at radius 2 is 1.83 bits per heavy atom. The van der Waals surface area contributed by atoms with Crippen LogP contribution in [-0.2, 0) is 9.59 Å². The lowest BCUT2D eigenvalue weighted by atomic mass is 10.0. The summed E-state index contributed by atoms with van der Waals surface area (Å²) < 4.78 is 5.74. The molecule has 1 N–H and O–H groups in total. The van der Waals surface area contributed by atoms with Crippen LogP contribution in [0.15, 0.2) is 57.9 Å². The molecular formula is C24H18ClN3O6S. The number of furan rings is 1. The molecule has 178 valence electrons. The van der Waals surface area contributed by atoms with Crippen LogP contribution in [0.25, 0.3) is 17.4 Å². The summed E-state index contributed by atoms with van der Waals surface area (Å²) in [7, 11) is 0. The monoisotopic (exact) mass is 511 g/mol. The van der Waals surface area contributed by atoms with Gasteiger partial charge in [-0.25, -0.2) is 0 Å². The first-order chi connectivity index (χ1) is 16.6. The molecule has 1 aromatic heterocycles. The Bertz CT molecular complexity index is 1400. The summed E-state index contributed by atoms with van der Waals surface area (Å²) in [5, 5.41) is 14.0. The molecule has 0 bridgehead atoms. The van der Waals surface area contributed by atoms with Gasteiger partial charge in [-0.15, -0.1) is 0 Å². The number of halogens is 1. The molecule has 4 rings (SSSR count). The quantitative estimate of drug-likeness (QED) is 0.252. The van der Waals surface area contributed by atoms with Crippen LogP contribution in [0.5, 0.6) is 0 Å². The van der Waals surface area contributed by atoms with Gasteiger partial charge in [0.05, 0.1) is 15.4 Å². The molecule has 2 heterocycles. The second-order valence-electron chi connectivity index (χ2n) is 7.74. The number of nitro benzene ring substituents is 1. The molecule has 0 saturated carbocycles. The number of carbonyl (C=O) groups excluding carboxylic acids is 3. The molecule has 9 nitrogen and oxygen atoms in total. The number of hydrogen-bond donors (Lipinski definition) is 1. The molecule has 1 aliphatic heterocycles. The number of imide groups is 1. The first-order valence-corrected chi connectivity index (χ1v) is 11.5. The molecule has 0 aliphatic carbocycles. The summed E-state index contributed by atoms with van der Waals surface area (Å²) in [5.41, 5.74) is 2.33. The van der Waals surface area contributed by atoms with Gasteiger partial charge in [-0.3, -0.25) is 29.4 Å². The SMILES string of the molecule is Cc1cc(-c2ccc(/C=C3\SC(=O)N(CC(=O)Nc4ccc(Cl)cc4)C3=O)o2)c([N+](=O)[O-])cc1C. The van der Waals surface area contributed by atoms with Crippen LogP contribution < -0.4 is 5.32 Å². The predicted molar refractivity (Wildman–Crippen MR) is 133 cm³/mol. The van der Waals surface area contributed by atoms with E-state index in [2.05, 4.69) is 5.32 Å². The summed E-state index contributed by atoms with van der Waals surface area (Å²) in [6.07, 6.45) is 1.37. The molecule has 2 aromatic carbocycles. The molecule has 1 aliphatic rings. The number of anilines is 1. The van der Waals surface area contributed by atoms with E-state index in [-0.39, 0.29) is 22.1 Å². The van der Waals surface area contributed by atoms with E-state index in [1.807, 2.05) is 6.92 Å². The van der Waals surface area contributed by atoms with E-state index in [4.69, 9.17) is 16.0 Å². The number of carbonyl (C=O) groups is 3. The van der Waals surface area contributed by atoms with Crippen molar-refractivity contribution in [2.75, 3.05) is 11.9 Å². The highest BCUT2D eigenvalue weighted by Gasteiger charge is 2.36. The molecule has 0 radical (unpaired) electrons. The fourth-order valence-corrected chi connectivity index (χ4v) is 4.31. The summed E-state index contributed by atoms with van der Waals surface area (Å²) in [4.78, 5) is 49.3. The summed E-state index contributed by atoms with van der Waals surface area (Å²) in [6, 6.07) is 12.7. The van der Waals surface area contributed by atoms with Crippen molar-refractivity contribution in [1.82, 2.24) is 4.90 Å². The van der Waals surface area contributed by atoms with E-state index in [0.29, 0.717) is 28.0 Å². The van der Waals surface area contributed by atoms with Crippen LogP contribution >= 0.6 is 23.4 Å². The first kappa shape index (κ1) is 24.2. The van der Waals surface area contributed by atoms with Crippen LogP contribution in [0, 0.1) is 24.0 Å². The summed E-state index contributed by atoms with van der Waals surface area (Å²) >= 11 is 6.50. The van der Waals surface area contributed by atoms with Crippen LogP contribution in [0.1, 0.15) is 16.9 Å². The Morgan fingerprint density at radius 1 is 1.14 bits per heavy atom. The van der Waals surface area contributed by atoms with Crippen molar-refractivity contribution in [2.45, 2.75) is 13.8 Å². The molecule has 1 saturated heterocycles. The Balaban J connectivity index is 1.51. The number of nitrogens with zero attached hydrogens (tertiary/aromatic N) is 2. The average Bonchev–Trinajstić information content (AvgIpc) is 3.37. The maximum Gasteiger partial charge on any atom is 0.294 e. The topological polar surface area (TPSA) is 123 Å². The molecule has 0 atom stereocenters. The standard InChI is InChI=1S/C24H18ClN3O6S/c1-13-9-18(19(28(32)33)10-14(13)2)20-8-7-17(34-20)11-21-23(30)27(24(31)35-21)12-22(29)26-16-5-3-15(25)4-6-16/h3-11H,12H2,1-2H3,(H,26,29)/b21-11-. The normalized spacial score (nSPS) is 14.6. The predicted octanol–water partition coefficient (Wildman–Crippen LogP) is 5.80. The smallest absolute Gasteiger partial charge is 0.294 e. The van der Waals surface area contributed by atoms with E-state index in [1.165, 1.54) is 12.1 Å². The second kappa shape index (κ2) is 9.77.